The normalized spacial score (nSPS) is 12.1. The van der Waals surface area contributed by atoms with Gasteiger partial charge in [-0.3, -0.25) is 14.3 Å². The Kier molecular flexibility index (Phi) is 6.72. The van der Waals surface area contributed by atoms with Crippen molar-refractivity contribution in [1.29, 1.82) is 0 Å². The number of rotatable bonds is 5. The summed E-state index contributed by atoms with van der Waals surface area (Å²) in [5.74, 6) is 0.539. The van der Waals surface area contributed by atoms with E-state index in [1.165, 1.54) is 4.90 Å². The van der Waals surface area contributed by atoms with Crippen molar-refractivity contribution in [1.82, 2.24) is 25.3 Å². The molecule has 0 aliphatic carbocycles. The standard InChI is InChI=1S/C25H29N7O3/c1-16-11-17(9-10-18(16)12-26-25(35)27-14-22(33)30(2)3)24(34)32-15-19-13-28-31(4)23(19)29-20-7-5-6-8-21(20)32/h5-11,13,29H,12,14-15H2,1-4H3,(H2,26,27,35). The molecular formula is C25H29N7O3. The fourth-order valence-corrected chi connectivity index (χ4v) is 3.87. The molecule has 0 atom stereocenters. The summed E-state index contributed by atoms with van der Waals surface area (Å²) in [4.78, 5) is 40.4. The number of anilines is 3. The summed E-state index contributed by atoms with van der Waals surface area (Å²) >= 11 is 0. The molecule has 2 heterocycles. The summed E-state index contributed by atoms with van der Waals surface area (Å²) in [5, 5.41) is 13.0. The maximum Gasteiger partial charge on any atom is 0.315 e. The van der Waals surface area contributed by atoms with Gasteiger partial charge in [0.2, 0.25) is 5.91 Å². The summed E-state index contributed by atoms with van der Waals surface area (Å²) in [6.07, 6.45) is 1.77. The van der Waals surface area contributed by atoms with Gasteiger partial charge in [0.1, 0.15) is 5.82 Å². The number of aromatic nitrogens is 2. The van der Waals surface area contributed by atoms with Crippen LogP contribution >= 0.6 is 0 Å². The second-order valence-electron chi connectivity index (χ2n) is 8.64. The minimum absolute atomic E-state index is 0.0733. The molecule has 0 radical (unpaired) electrons. The summed E-state index contributed by atoms with van der Waals surface area (Å²) in [7, 11) is 5.12. The molecule has 2 aromatic carbocycles. The molecule has 10 nitrogen and oxygen atoms in total. The van der Waals surface area contributed by atoms with Crippen LogP contribution in [0.2, 0.25) is 0 Å². The zero-order valence-electron chi connectivity index (χ0n) is 20.3. The number of nitrogens with one attached hydrogen (secondary N) is 3. The van der Waals surface area contributed by atoms with E-state index in [0.717, 1.165) is 33.9 Å². The van der Waals surface area contributed by atoms with E-state index in [1.54, 1.807) is 35.9 Å². The lowest BCUT2D eigenvalue weighted by atomic mass is 10.0. The molecule has 0 bridgehead atoms. The van der Waals surface area contributed by atoms with Crippen molar-refractivity contribution in [3.05, 3.63) is 70.9 Å². The van der Waals surface area contributed by atoms with E-state index in [9.17, 15) is 14.4 Å². The molecule has 4 rings (SSSR count). The van der Waals surface area contributed by atoms with E-state index in [0.29, 0.717) is 12.1 Å². The Morgan fingerprint density at radius 3 is 2.63 bits per heavy atom. The van der Waals surface area contributed by atoms with Crippen molar-refractivity contribution in [3.63, 3.8) is 0 Å². The Bertz CT molecular complexity index is 1280. The Morgan fingerprint density at radius 1 is 1.11 bits per heavy atom. The lowest BCUT2D eigenvalue weighted by Crippen LogP contribution is -2.41. The first-order chi connectivity index (χ1) is 16.7. The molecule has 0 fully saturated rings. The van der Waals surface area contributed by atoms with Gasteiger partial charge in [-0.1, -0.05) is 18.2 Å². The predicted molar refractivity (Wildman–Crippen MR) is 134 cm³/mol. The lowest BCUT2D eigenvalue weighted by Gasteiger charge is -2.23. The number of hydrogen-bond donors (Lipinski definition) is 3. The van der Waals surface area contributed by atoms with Crippen molar-refractivity contribution >= 4 is 35.0 Å². The van der Waals surface area contributed by atoms with Gasteiger partial charge in [0, 0.05) is 38.8 Å². The second-order valence-corrected chi connectivity index (χ2v) is 8.64. The van der Waals surface area contributed by atoms with E-state index in [-0.39, 0.29) is 24.9 Å². The lowest BCUT2D eigenvalue weighted by molar-refractivity contribution is -0.127. The first-order valence-corrected chi connectivity index (χ1v) is 11.2. The quantitative estimate of drug-likeness (QED) is 0.525. The number of amides is 4. The third-order valence-electron chi connectivity index (χ3n) is 5.96. The minimum Gasteiger partial charge on any atom is -0.347 e. The average Bonchev–Trinajstić information content (AvgIpc) is 3.09. The minimum atomic E-state index is -0.430. The van der Waals surface area contributed by atoms with Crippen molar-refractivity contribution in [2.45, 2.75) is 20.0 Å². The van der Waals surface area contributed by atoms with Crippen LogP contribution in [-0.2, 0) is 24.9 Å². The van der Waals surface area contributed by atoms with E-state index in [2.05, 4.69) is 21.0 Å². The highest BCUT2D eigenvalue weighted by atomic mass is 16.2. The van der Waals surface area contributed by atoms with Gasteiger partial charge in [-0.2, -0.15) is 5.10 Å². The molecular weight excluding hydrogens is 446 g/mol. The number of urea groups is 1. The molecule has 1 aliphatic heterocycles. The van der Waals surface area contributed by atoms with Gasteiger partial charge in [-0.05, 0) is 42.3 Å². The van der Waals surface area contributed by atoms with Crippen molar-refractivity contribution in [2.24, 2.45) is 7.05 Å². The van der Waals surface area contributed by atoms with Crippen LogP contribution in [0.15, 0.2) is 48.7 Å². The molecule has 182 valence electrons. The number of benzene rings is 2. The summed E-state index contributed by atoms with van der Waals surface area (Å²) in [6.45, 7) is 2.49. The predicted octanol–water partition coefficient (Wildman–Crippen LogP) is 2.52. The van der Waals surface area contributed by atoms with Crippen molar-refractivity contribution in [2.75, 3.05) is 30.9 Å². The van der Waals surface area contributed by atoms with Crippen molar-refractivity contribution < 1.29 is 14.4 Å². The van der Waals surface area contributed by atoms with Gasteiger partial charge in [-0.15, -0.1) is 0 Å². The number of carbonyl (C=O) groups is 3. The van der Waals surface area contributed by atoms with Gasteiger partial charge in [0.15, 0.2) is 0 Å². The first kappa shape index (κ1) is 23.8. The topological polar surface area (TPSA) is 112 Å². The molecule has 1 aliphatic rings. The van der Waals surface area contributed by atoms with Crippen LogP contribution in [0.5, 0.6) is 0 Å². The monoisotopic (exact) mass is 475 g/mol. The summed E-state index contributed by atoms with van der Waals surface area (Å²) in [6, 6.07) is 12.7. The van der Waals surface area contributed by atoms with Crippen LogP contribution in [0.4, 0.5) is 22.0 Å². The second kappa shape index (κ2) is 9.88. The molecule has 0 saturated heterocycles. The van der Waals surface area contributed by atoms with Crippen LogP contribution in [0.3, 0.4) is 0 Å². The van der Waals surface area contributed by atoms with Gasteiger partial charge in [0.25, 0.3) is 5.91 Å². The average molecular weight is 476 g/mol. The van der Waals surface area contributed by atoms with Crippen LogP contribution in [0.25, 0.3) is 0 Å². The smallest absolute Gasteiger partial charge is 0.315 e. The van der Waals surface area contributed by atoms with Crippen LogP contribution in [-0.4, -0.2) is 53.2 Å². The summed E-state index contributed by atoms with van der Waals surface area (Å²) < 4.78 is 1.76. The number of para-hydroxylation sites is 2. The fraction of sp³-hybridized carbons (Fsp3) is 0.280. The molecule has 3 N–H and O–H groups in total. The molecule has 0 spiro atoms. The van der Waals surface area contributed by atoms with E-state index in [4.69, 9.17) is 0 Å². The molecule has 4 amide bonds. The van der Waals surface area contributed by atoms with E-state index < -0.39 is 6.03 Å². The number of likely N-dealkylation sites (N-methyl/N-ethyl adjacent to an activating group) is 1. The van der Waals surface area contributed by atoms with E-state index in [1.807, 2.05) is 50.4 Å². The van der Waals surface area contributed by atoms with Crippen LogP contribution in [0.1, 0.15) is 27.0 Å². The van der Waals surface area contributed by atoms with Gasteiger partial charge in [0.05, 0.1) is 30.7 Å². The molecule has 3 aromatic rings. The maximum atomic E-state index is 13.6. The summed E-state index contributed by atoms with van der Waals surface area (Å²) in [5.41, 5.74) is 4.86. The maximum absolute atomic E-state index is 13.6. The molecule has 0 saturated carbocycles. The number of aryl methyl sites for hydroxylation is 2. The molecule has 10 heteroatoms. The van der Waals surface area contributed by atoms with Crippen LogP contribution in [0, 0.1) is 6.92 Å². The third kappa shape index (κ3) is 5.11. The van der Waals surface area contributed by atoms with Gasteiger partial charge < -0.3 is 25.8 Å². The van der Waals surface area contributed by atoms with Crippen molar-refractivity contribution in [3.8, 4) is 0 Å². The molecule has 35 heavy (non-hydrogen) atoms. The number of nitrogens with zero attached hydrogens (tertiary/aromatic N) is 4. The highest BCUT2D eigenvalue weighted by Crippen LogP contribution is 2.36. The van der Waals surface area contributed by atoms with Gasteiger partial charge in [-0.25, -0.2) is 4.79 Å². The van der Waals surface area contributed by atoms with Gasteiger partial charge >= 0.3 is 6.03 Å². The largest absolute Gasteiger partial charge is 0.347 e. The highest BCUT2D eigenvalue weighted by molar-refractivity contribution is 6.08. The number of fused-ring (bicyclic) bond motifs is 2. The third-order valence-corrected chi connectivity index (χ3v) is 5.96. The zero-order valence-corrected chi connectivity index (χ0v) is 20.3. The Labute approximate surface area is 203 Å². The van der Waals surface area contributed by atoms with Crippen LogP contribution < -0.4 is 20.9 Å². The van der Waals surface area contributed by atoms with E-state index >= 15 is 0 Å². The SMILES string of the molecule is Cc1cc(C(=O)N2Cc3cnn(C)c3Nc3ccccc32)ccc1CNC(=O)NCC(=O)N(C)C. The number of carbonyl (C=O) groups excluding carboxylic acids is 3. The molecule has 1 aromatic heterocycles. The first-order valence-electron chi connectivity index (χ1n) is 11.2. The molecule has 0 unspecified atom stereocenters. The Hall–Kier alpha value is -4.34. The highest BCUT2D eigenvalue weighted by Gasteiger charge is 2.26. The number of hydrogen-bond acceptors (Lipinski definition) is 5. The fourth-order valence-electron chi connectivity index (χ4n) is 3.87. The Morgan fingerprint density at radius 2 is 1.89 bits per heavy atom. The zero-order chi connectivity index (χ0) is 25.1. The Balaban J connectivity index is 1.49.